The lowest BCUT2D eigenvalue weighted by molar-refractivity contribution is 0.739. The van der Waals surface area contributed by atoms with Crippen molar-refractivity contribution in [3.8, 4) is 27.9 Å². The van der Waals surface area contributed by atoms with E-state index in [4.69, 9.17) is 4.99 Å². The van der Waals surface area contributed by atoms with Crippen LogP contribution in [0.3, 0.4) is 0 Å². The summed E-state index contributed by atoms with van der Waals surface area (Å²) in [7, 11) is 0. The van der Waals surface area contributed by atoms with E-state index in [0.717, 1.165) is 17.1 Å². The normalized spacial score (nSPS) is 18.3. The van der Waals surface area contributed by atoms with Crippen LogP contribution >= 0.6 is 0 Å². The number of anilines is 1. The number of para-hydroxylation sites is 2. The standard InChI is InChI=1S/C50H33N3/c1-2-13-33(14-3-1)49-51-44-22-9-11-24-46(44)52(49)35-28-25-32(26-29-35)34-27-30-42-47(31-34)53-45-23-10-6-17-38(45)39-18-12-21-43(48(39)53)50(42)40-19-7-4-15-36(40)37-16-5-8-20-41(37)50/h1-31,44,46H. The molecular formula is C50H33N3. The summed E-state index contributed by atoms with van der Waals surface area (Å²) < 4.78 is 2.54. The Labute approximate surface area is 308 Å². The van der Waals surface area contributed by atoms with Crippen LogP contribution in [0, 0.1) is 0 Å². The molecule has 3 heterocycles. The Bertz CT molecular complexity index is 2860. The van der Waals surface area contributed by atoms with Crippen LogP contribution < -0.4 is 4.90 Å². The number of allylic oxidation sites excluding steroid dienone is 2. The van der Waals surface area contributed by atoms with Gasteiger partial charge in [0.05, 0.1) is 34.2 Å². The topological polar surface area (TPSA) is 20.5 Å². The van der Waals surface area contributed by atoms with Crippen molar-refractivity contribution < 1.29 is 0 Å². The van der Waals surface area contributed by atoms with Crippen molar-refractivity contribution in [2.24, 2.45) is 4.99 Å². The molecule has 4 aliphatic rings. The summed E-state index contributed by atoms with van der Waals surface area (Å²) in [6, 6.07) is 61.1. The first-order chi connectivity index (χ1) is 26.3. The molecule has 3 heteroatoms. The number of aromatic nitrogens is 1. The van der Waals surface area contributed by atoms with Crippen LogP contribution in [-0.2, 0) is 5.41 Å². The highest BCUT2D eigenvalue weighted by Gasteiger charge is 2.50. The molecule has 0 saturated carbocycles. The first-order valence-electron chi connectivity index (χ1n) is 18.6. The van der Waals surface area contributed by atoms with Crippen molar-refractivity contribution in [3.63, 3.8) is 0 Å². The molecule has 0 amide bonds. The van der Waals surface area contributed by atoms with Gasteiger partial charge in [0.15, 0.2) is 0 Å². The van der Waals surface area contributed by atoms with Crippen LogP contribution in [0.4, 0.5) is 5.69 Å². The van der Waals surface area contributed by atoms with Crippen molar-refractivity contribution in [2.45, 2.75) is 17.5 Å². The Kier molecular flexibility index (Phi) is 5.82. The van der Waals surface area contributed by atoms with Gasteiger partial charge in [-0.3, -0.25) is 4.99 Å². The number of hydrogen-bond acceptors (Lipinski definition) is 2. The number of fused-ring (bicyclic) bond motifs is 13. The Morgan fingerprint density at radius 3 is 1.96 bits per heavy atom. The van der Waals surface area contributed by atoms with E-state index in [-0.39, 0.29) is 12.1 Å². The Morgan fingerprint density at radius 2 is 1.15 bits per heavy atom. The van der Waals surface area contributed by atoms with Crippen LogP contribution in [0.2, 0.25) is 0 Å². The highest BCUT2D eigenvalue weighted by atomic mass is 15.3. The summed E-state index contributed by atoms with van der Waals surface area (Å²) >= 11 is 0. The summed E-state index contributed by atoms with van der Waals surface area (Å²) in [6.45, 7) is 0. The molecule has 8 aromatic rings. The van der Waals surface area contributed by atoms with Crippen LogP contribution in [0.5, 0.6) is 0 Å². The quantitative estimate of drug-likeness (QED) is 0.183. The first kappa shape index (κ1) is 28.9. The second kappa shape index (κ2) is 10.7. The molecule has 0 bridgehead atoms. The third kappa shape index (κ3) is 3.76. The average molecular weight is 676 g/mol. The molecule has 3 nitrogen and oxygen atoms in total. The molecule has 248 valence electrons. The average Bonchev–Trinajstić information content (AvgIpc) is 3.88. The minimum atomic E-state index is -0.434. The molecule has 1 spiro atoms. The number of benzene rings is 7. The van der Waals surface area contributed by atoms with Gasteiger partial charge in [-0.05, 0) is 68.8 Å². The van der Waals surface area contributed by atoms with E-state index in [9.17, 15) is 0 Å². The predicted octanol–water partition coefficient (Wildman–Crippen LogP) is 11.3. The number of nitrogens with zero attached hydrogens (tertiary/aromatic N) is 3. The Hall–Kier alpha value is -6.71. The van der Waals surface area contributed by atoms with Crippen LogP contribution in [0.25, 0.3) is 49.7 Å². The van der Waals surface area contributed by atoms with Crippen molar-refractivity contribution in [1.29, 1.82) is 0 Å². The number of hydrogen-bond donors (Lipinski definition) is 0. The molecule has 12 rings (SSSR count). The lowest BCUT2D eigenvalue weighted by atomic mass is 9.65. The summed E-state index contributed by atoms with van der Waals surface area (Å²) in [4.78, 5) is 7.59. The second-order valence-corrected chi connectivity index (χ2v) is 14.6. The Morgan fingerprint density at radius 1 is 0.491 bits per heavy atom. The molecule has 2 aliphatic carbocycles. The maximum Gasteiger partial charge on any atom is 0.136 e. The van der Waals surface area contributed by atoms with Gasteiger partial charge >= 0.3 is 0 Å². The van der Waals surface area contributed by atoms with Crippen molar-refractivity contribution in [1.82, 2.24) is 4.57 Å². The van der Waals surface area contributed by atoms with E-state index in [1.54, 1.807) is 0 Å². The van der Waals surface area contributed by atoms with Gasteiger partial charge in [0.2, 0.25) is 0 Å². The molecule has 7 aromatic carbocycles. The van der Waals surface area contributed by atoms with E-state index >= 15 is 0 Å². The van der Waals surface area contributed by atoms with Gasteiger partial charge in [-0.25, -0.2) is 0 Å². The predicted molar refractivity (Wildman–Crippen MR) is 218 cm³/mol. The first-order valence-corrected chi connectivity index (χ1v) is 18.6. The van der Waals surface area contributed by atoms with Gasteiger partial charge in [-0.1, -0.05) is 164 Å². The molecule has 0 radical (unpaired) electrons. The molecule has 1 aromatic heterocycles. The largest absolute Gasteiger partial charge is 0.317 e. The smallest absolute Gasteiger partial charge is 0.136 e. The molecule has 2 unspecified atom stereocenters. The van der Waals surface area contributed by atoms with Crippen LogP contribution in [0.15, 0.2) is 193 Å². The molecule has 2 aliphatic heterocycles. The van der Waals surface area contributed by atoms with E-state index in [1.807, 2.05) is 0 Å². The lowest BCUT2D eigenvalue weighted by Crippen LogP contribution is -2.39. The fraction of sp³-hybridized carbons (Fsp3) is 0.0600. The van der Waals surface area contributed by atoms with Gasteiger partial charge in [0, 0.05) is 22.0 Å². The SMILES string of the molecule is C1=CC2N=C(c3ccccc3)N(c3ccc(-c4ccc5c(c4)-n4c6ccccc6c6cccc(c64)C54c5ccccc5-c5ccccc54)cc3)C2C=C1. The molecule has 2 atom stereocenters. The molecule has 0 saturated heterocycles. The monoisotopic (exact) mass is 675 g/mol. The van der Waals surface area contributed by atoms with Gasteiger partial charge in [-0.2, -0.15) is 0 Å². The summed E-state index contributed by atoms with van der Waals surface area (Å²) in [5, 5.41) is 2.58. The fourth-order valence-electron chi connectivity index (χ4n) is 9.94. The van der Waals surface area contributed by atoms with Crippen LogP contribution in [0.1, 0.15) is 27.8 Å². The molecular weight excluding hydrogens is 643 g/mol. The third-order valence-corrected chi connectivity index (χ3v) is 12.1. The van der Waals surface area contributed by atoms with Crippen molar-refractivity contribution in [2.75, 3.05) is 4.90 Å². The minimum absolute atomic E-state index is 0.102. The van der Waals surface area contributed by atoms with E-state index < -0.39 is 5.41 Å². The zero-order valence-corrected chi connectivity index (χ0v) is 28.9. The van der Waals surface area contributed by atoms with Gasteiger partial charge in [-0.15, -0.1) is 0 Å². The number of amidine groups is 1. The second-order valence-electron chi connectivity index (χ2n) is 14.6. The zero-order chi connectivity index (χ0) is 34.7. The maximum atomic E-state index is 5.19. The van der Waals surface area contributed by atoms with E-state index in [0.29, 0.717) is 0 Å². The van der Waals surface area contributed by atoms with Gasteiger partial charge < -0.3 is 9.47 Å². The Balaban J connectivity index is 1.07. The van der Waals surface area contributed by atoms with Crippen molar-refractivity contribution >= 4 is 33.3 Å². The highest BCUT2D eigenvalue weighted by molar-refractivity contribution is 6.14. The molecule has 0 fully saturated rings. The number of aliphatic imine (C=N–C) groups is 1. The summed E-state index contributed by atoms with van der Waals surface area (Å²) in [5.74, 6) is 1.02. The van der Waals surface area contributed by atoms with E-state index in [1.165, 1.54) is 72.0 Å². The summed E-state index contributed by atoms with van der Waals surface area (Å²) in [6.07, 6.45) is 8.75. The van der Waals surface area contributed by atoms with Gasteiger partial charge in [0.1, 0.15) is 5.84 Å². The fourth-order valence-corrected chi connectivity index (χ4v) is 9.94. The minimum Gasteiger partial charge on any atom is -0.317 e. The van der Waals surface area contributed by atoms with E-state index in [2.05, 4.69) is 198 Å². The van der Waals surface area contributed by atoms with Gasteiger partial charge in [0.25, 0.3) is 0 Å². The lowest BCUT2D eigenvalue weighted by Gasteiger charge is -2.39. The number of rotatable bonds is 3. The zero-order valence-electron chi connectivity index (χ0n) is 28.9. The molecule has 0 N–H and O–H groups in total. The summed E-state index contributed by atoms with van der Waals surface area (Å²) in [5.41, 5.74) is 16.0. The third-order valence-electron chi connectivity index (χ3n) is 12.1. The maximum absolute atomic E-state index is 5.19. The van der Waals surface area contributed by atoms with Crippen LogP contribution in [-0.4, -0.2) is 22.5 Å². The highest BCUT2D eigenvalue weighted by Crippen LogP contribution is 2.61. The van der Waals surface area contributed by atoms with Crippen molar-refractivity contribution in [3.05, 3.63) is 216 Å². The molecule has 53 heavy (non-hydrogen) atoms.